The molecule has 1 aliphatic rings. The SMILES string of the molecule is CC(Nc1nc(N)ncc1[N+](=O)[O-])C1CCCO1. The lowest BCUT2D eigenvalue weighted by atomic mass is 10.1. The number of nitrogens with zero attached hydrogens (tertiary/aromatic N) is 3. The molecule has 0 spiro atoms. The van der Waals surface area contributed by atoms with Gasteiger partial charge >= 0.3 is 5.69 Å². The third-order valence-corrected chi connectivity index (χ3v) is 2.87. The van der Waals surface area contributed by atoms with Crippen molar-refractivity contribution in [2.24, 2.45) is 0 Å². The molecule has 2 rings (SSSR count). The van der Waals surface area contributed by atoms with Gasteiger partial charge in [-0.15, -0.1) is 0 Å². The first-order valence-electron chi connectivity index (χ1n) is 5.73. The van der Waals surface area contributed by atoms with Gasteiger partial charge in [0, 0.05) is 6.61 Å². The summed E-state index contributed by atoms with van der Waals surface area (Å²) in [5, 5.41) is 13.8. The van der Waals surface area contributed by atoms with Crippen LogP contribution in [0.4, 0.5) is 17.5 Å². The fourth-order valence-corrected chi connectivity index (χ4v) is 1.93. The molecule has 2 heterocycles. The molecule has 0 aliphatic carbocycles. The Morgan fingerprint density at radius 2 is 2.50 bits per heavy atom. The van der Waals surface area contributed by atoms with E-state index in [1.54, 1.807) is 0 Å². The van der Waals surface area contributed by atoms with Crippen molar-refractivity contribution in [1.82, 2.24) is 9.97 Å². The quantitative estimate of drug-likeness (QED) is 0.606. The smallest absolute Gasteiger partial charge is 0.329 e. The van der Waals surface area contributed by atoms with Crippen LogP contribution in [0.25, 0.3) is 0 Å². The fourth-order valence-electron chi connectivity index (χ4n) is 1.93. The normalized spacial score (nSPS) is 20.6. The van der Waals surface area contributed by atoms with Gasteiger partial charge in [0.1, 0.15) is 6.20 Å². The number of hydrogen-bond acceptors (Lipinski definition) is 7. The molecule has 1 saturated heterocycles. The van der Waals surface area contributed by atoms with E-state index in [2.05, 4.69) is 15.3 Å². The molecule has 1 aliphatic heterocycles. The summed E-state index contributed by atoms with van der Waals surface area (Å²) in [6.07, 6.45) is 3.08. The van der Waals surface area contributed by atoms with E-state index in [1.165, 1.54) is 0 Å². The molecular weight excluding hydrogens is 238 g/mol. The van der Waals surface area contributed by atoms with E-state index in [0.29, 0.717) is 0 Å². The highest BCUT2D eigenvalue weighted by Gasteiger charge is 2.25. The number of aromatic nitrogens is 2. The van der Waals surface area contributed by atoms with Crippen molar-refractivity contribution in [3.63, 3.8) is 0 Å². The number of nitrogen functional groups attached to an aromatic ring is 1. The van der Waals surface area contributed by atoms with Crippen LogP contribution in [0.2, 0.25) is 0 Å². The molecule has 0 bridgehead atoms. The van der Waals surface area contributed by atoms with E-state index < -0.39 is 4.92 Å². The number of hydrogen-bond donors (Lipinski definition) is 2. The van der Waals surface area contributed by atoms with Crippen molar-refractivity contribution < 1.29 is 9.66 Å². The Balaban J connectivity index is 2.16. The van der Waals surface area contributed by atoms with Crippen LogP contribution in [-0.4, -0.2) is 33.6 Å². The van der Waals surface area contributed by atoms with Gasteiger partial charge in [-0.1, -0.05) is 0 Å². The highest BCUT2D eigenvalue weighted by Crippen LogP contribution is 2.24. The van der Waals surface area contributed by atoms with Crippen LogP contribution in [0, 0.1) is 10.1 Å². The maximum Gasteiger partial charge on any atom is 0.329 e. The Kier molecular flexibility index (Phi) is 3.56. The number of nitrogens with two attached hydrogens (primary N) is 1. The average Bonchev–Trinajstić information content (AvgIpc) is 2.81. The van der Waals surface area contributed by atoms with E-state index in [1.807, 2.05) is 6.92 Å². The summed E-state index contributed by atoms with van der Waals surface area (Å²) in [6.45, 7) is 2.63. The average molecular weight is 253 g/mol. The zero-order valence-corrected chi connectivity index (χ0v) is 10.00. The number of nitrogens with one attached hydrogen (secondary N) is 1. The zero-order chi connectivity index (χ0) is 13.1. The van der Waals surface area contributed by atoms with Gasteiger partial charge in [0.05, 0.1) is 17.1 Å². The summed E-state index contributed by atoms with van der Waals surface area (Å²) >= 11 is 0. The van der Waals surface area contributed by atoms with Crippen LogP contribution in [-0.2, 0) is 4.74 Å². The highest BCUT2D eigenvalue weighted by atomic mass is 16.6. The monoisotopic (exact) mass is 253 g/mol. The molecule has 1 aromatic rings. The lowest BCUT2D eigenvalue weighted by molar-refractivity contribution is -0.384. The minimum atomic E-state index is -0.538. The maximum absolute atomic E-state index is 10.8. The van der Waals surface area contributed by atoms with E-state index >= 15 is 0 Å². The van der Waals surface area contributed by atoms with Gasteiger partial charge in [-0.25, -0.2) is 4.98 Å². The molecule has 18 heavy (non-hydrogen) atoms. The molecule has 1 aromatic heterocycles. The van der Waals surface area contributed by atoms with Gasteiger partial charge < -0.3 is 15.8 Å². The fraction of sp³-hybridized carbons (Fsp3) is 0.600. The van der Waals surface area contributed by atoms with E-state index in [9.17, 15) is 10.1 Å². The molecule has 2 atom stereocenters. The lowest BCUT2D eigenvalue weighted by Crippen LogP contribution is -2.30. The Labute approximate surface area is 104 Å². The molecular formula is C10H15N5O3. The van der Waals surface area contributed by atoms with Crippen LogP contribution < -0.4 is 11.1 Å². The van der Waals surface area contributed by atoms with Crippen LogP contribution in [0.5, 0.6) is 0 Å². The molecule has 0 radical (unpaired) electrons. The van der Waals surface area contributed by atoms with Gasteiger partial charge in [-0.3, -0.25) is 10.1 Å². The standard InChI is InChI=1S/C10H15N5O3/c1-6(8-3-2-4-18-8)13-9-7(15(16)17)5-12-10(11)14-9/h5-6,8H,2-4H2,1H3,(H3,11,12,13,14). The first-order chi connectivity index (χ1) is 8.58. The van der Waals surface area contributed by atoms with Gasteiger partial charge in [0.25, 0.3) is 0 Å². The molecule has 8 heteroatoms. The van der Waals surface area contributed by atoms with Crippen LogP contribution >= 0.6 is 0 Å². The van der Waals surface area contributed by atoms with Crippen LogP contribution in [0.1, 0.15) is 19.8 Å². The Hall–Kier alpha value is -1.96. The molecule has 3 N–H and O–H groups in total. The summed E-state index contributed by atoms with van der Waals surface area (Å²) in [4.78, 5) is 17.8. The Morgan fingerprint density at radius 3 is 3.11 bits per heavy atom. The van der Waals surface area contributed by atoms with Crippen molar-refractivity contribution in [1.29, 1.82) is 0 Å². The second kappa shape index (κ2) is 5.13. The number of anilines is 2. The molecule has 8 nitrogen and oxygen atoms in total. The lowest BCUT2D eigenvalue weighted by Gasteiger charge is -2.20. The maximum atomic E-state index is 10.8. The molecule has 1 fully saturated rings. The van der Waals surface area contributed by atoms with Crippen LogP contribution in [0.15, 0.2) is 6.20 Å². The molecule has 98 valence electrons. The molecule has 0 amide bonds. The predicted molar refractivity (Wildman–Crippen MR) is 65.2 cm³/mol. The number of nitro groups is 1. The minimum absolute atomic E-state index is 0.00244. The van der Waals surface area contributed by atoms with Crippen LogP contribution in [0.3, 0.4) is 0 Å². The largest absolute Gasteiger partial charge is 0.376 e. The Morgan fingerprint density at radius 1 is 1.72 bits per heavy atom. The van der Waals surface area contributed by atoms with Crippen molar-refractivity contribution >= 4 is 17.5 Å². The van der Waals surface area contributed by atoms with Gasteiger partial charge in [0.15, 0.2) is 0 Å². The van der Waals surface area contributed by atoms with E-state index in [-0.39, 0.29) is 29.6 Å². The summed E-state index contributed by atoms with van der Waals surface area (Å²) < 4.78 is 5.51. The first kappa shape index (κ1) is 12.5. The molecule has 2 unspecified atom stereocenters. The summed E-state index contributed by atoms with van der Waals surface area (Å²) in [5.41, 5.74) is 5.25. The van der Waals surface area contributed by atoms with Crippen molar-refractivity contribution in [3.8, 4) is 0 Å². The summed E-state index contributed by atoms with van der Waals surface area (Å²) in [6, 6.07) is -0.0690. The minimum Gasteiger partial charge on any atom is -0.376 e. The summed E-state index contributed by atoms with van der Waals surface area (Å²) in [5.74, 6) is 0.137. The Bertz CT molecular complexity index is 447. The third-order valence-electron chi connectivity index (χ3n) is 2.87. The molecule has 0 aromatic carbocycles. The number of ether oxygens (including phenoxy) is 1. The third kappa shape index (κ3) is 2.65. The second-order valence-electron chi connectivity index (χ2n) is 4.20. The highest BCUT2D eigenvalue weighted by molar-refractivity contribution is 5.56. The number of rotatable bonds is 4. The van der Waals surface area contributed by atoms with Crippen molar-refractivity contribution in [2.45, 2.75) is 31.9 Å². The molecule has 0 saturated carbocycles. The van der Waals surface area contributed by atoms with E-state index in [4.69, 9.17) is 10.5 Å². The van der Waals surface area contributed by atoms with Crippen molar-refractivity contribution in [3.05, 3.63) is 16.3 Å². The first-order valence-corrected chi connectivity index (χ1v) is 5.73. The zero-order valence-electron chi connectivity index (χ0n) is 10.00. The second-order valence-corrected chi connectivity index (χ2v) is 4.20. The van der Waals surface area contributed by atoms with Gasteiger partial charge in [-0.05, 0) is 19.8 Å². The topological polar surface area (TPSA) is 116 Å². The van der Waals surface area contributed by atoms with Gasteiger partial charge in [0.2, 0.25) is 11.8 Å². The summed E-state index contributed by atoms with van der Waals surface area (Å²) in [7, 11) is 0. The predicted octanol–water partition coefficient (Wildman–Crippen LogP) is 0.946. The van der Waals surface area contributed by atoms with Gasteiger partial charge in [-0.2, -0.15) is 4.98 Å². The van der Waals surface area contributed by atoms with Crippen molar-refractivity contribution in [2.75, 3.05) is 17.7 Å². The van der Waals surface area contributed by atoms with E-state index in [0.717, 1.165) is 25.6 Å².